The number of hydrogen-bond donors (Lipinski definition) is 1. The topological polar surface area (TPSA) is 37.3 Å². The number of fused-ring (bicyclic) bond motifs is 3. The summed E-state index contributed by atoms with van der Waals surface area (Å²) in [6.45, 7) is 4.41. The number of hydrogen-bond acceptors (Lipinski definition) is 2. The fraction of sp³-hybridized carbons (Fsp3) is 0.588. The number of phenolic OH excluding ortho intramolecular Hbond substituents is 1. The van der Waals surface area contributed by atoms with Crippen molar-refractivity contribution >= 4 is 6.29 Å². The second-order valence-corrected chi connectivity index (χ2v) is 6.83. The van der Waals surface area contributed by atoms with Gasteiger partial charge in [-0.05, 0) is 60.3 Å². The average molecular weight is 258 g/mol. The Labute approximate surface area is 114 Å². The van der Waals surface area contributed by atoms with Gasteiger partial charge in [-0.25, -0.2) is 0 Å². The van der Waals surface area contributed by atoms with E-state index in [2.05, 4.69) is 19.9 Å². The van der Waals surface area contributed by atoms with E-state index in [0.717, 1.165) is 32.1 Å². The van der Waals surface area contributed by atoms with E-state index in [4.69, 9.17) is 0 Å². The highest BCUT2D eigenvalue weighted by molar-refractivity contribution is 5.61. The summed E-state index contributed by atoms with van der Waals surface area (Å²) in [5.41, 5.74) is 2.47. The second kappa shape index (κ2) is 4.09. The minimum Gasteiger partial charge on any atom is -0.508 e. The van der Waals surface area contributed by atoms with Gasteiger partial charge < -0.3 is 9.90 Å². The lowest BCUT2D eigenvalue weighted by atomic mass is 9.50. The zero-order valence-corrected chi connectivity index (χ0v) is 11.8. The maximum atomic E-state index is 11.6. The highest BCUT2D eigenvalue weighted by Crippen LogP contribution is 2.56. The molecule has 0 bridgehead atoms. The number of aldehydes is 1. The van der Waals surface area contributed by atoms with Crippen molar-refractivity contribution < 1.29 is 9.90 Å². The van der Waals surface area contributed by atoms with Crippen LogP contribution >= 0.6 is 0 Å². The van der Waals surface area contributed by atoms with Crippen molar-refractivity contribution in [2.75, 3.05) is 0 Å². The lowest BCUT2D eigenvalue weighted by Gasteiger charge is -2.53. The van der Waals surface area contributed by atoms with Crippen LogP contribution in [-0.4, -0.2) is 11.4 Å². The SMILES string of the molecule is CC12CCC[C@](C)(C=O)C1CCc1ccc(O)cc12. The maximum absolute atomic E-state index is 11.6. The molecule has 0 spiro atoms. The summed E-state index contributed by atoms with van der Waals surface area (Å²) < 4.78 is 0. The van der Waals surface area contributed by atoms with Gasteiger partial charge in [0.25, 0.3) is 0 Å². The normalized spacial score (nSPS) is 37.3. The largest absolute Gasteiger partial charge is 0.508 e. The molecule has 0 heterocycles. The minimum atomic E-state index is -0.198. The van der Waals surface area contributed by atoms with E-state index in [-0.39, 0.29) is 10.8 Å². The zero-order valence-electron chi connectivity index (χ0n) is 11.8. The molecule has 0 radical (unpaired) electrons. The molecule has 2 aliphatic carbocycles. The van der Waals surface area contributed by atoms with Crippen molar-refractivity contribution in [3.05, 3.63) is 29.3 Å². The molecule has 19 heavy (non-hydrogen) atoms. The fourth-order valence-electron chi connectivity index (χ4n) is 4.64. The molecule has 2 heteroatoms. The molecule has 0 saturated heterocycles. The molecule has 1 saturated carbocycles. The Kier molecular flexibility index (Phi) is 2.74. The van der Waals surface area contributed by atoms with Crippen LogP contribution < -0.4 is 0 Å². The van der Waals surface area contributed by atoms with Crippen LogP contribution in [0.3, 0.4) is 0 Å². The Bertz CT molecular complexity index is 522. The molecule has 2 unspecified atom stereocenters. The van der Waals surface area contributed by atoms with Crippen molar-refractivity contribution in [2.45, 2.75) is 51.4 Å². The molecule has 0 aromatic heterocycles. The number of aromatic hydroxyl groups is 1. The van der Waals surface area contributed by atoms with Gasteiger partial charge in [-0.2, -0.15) is 0 Å². The van der Waals surface area contributed by atoms with Crippen LogP contribution in [0.15, 0.2) is 18.2 Å². The van der Waals surface area contributed by atoms with Crippen molar-refractivity contribution in [3.8, 4) is 5.75 Å². The number of phenols is 1. The van der Waals surface area contributed by atoms with E-state index in [1.54, 1.807) is 6.07 Å². The summed E-state index contributed by atoms with van der Waals surface area (Å²) in [6.07, 6.45) is 6.52. The van der Waals surface area contributed by atoms with Gasteiger partial charge in [0.05, 0.1) is 0 Å². The predicted octanol–water partition coefficient (Wildman–Crippen LogP) is 3.60. The summed E-state index contributed by atoms with van der Waals surface area (Å²) in [5, 5.41) is 9.81. The molecular formula is C17H22O2. The molecule has 1 aromatic carbocycles. The molecule has 0 aliphatic heterocycles. The van der Waals surface area contributed by atoms with Crippen molar-refractivity contribution in [1.82, 2.24) is 0 Å². The standard InChI is InChI=1S/C17H22O2/c1-16(11-18)8-3-9-17(2)14-10-13(19)6-4-12(14)5-7-15(16)17/h4,6,10-11,15,19H,3,5,7-9H2,1-2H3/t15?,16-,17?/m1/s1. The number of aryl methyl sites for hydroxylation is 1. The van der Waals surface area contributed by atoms with Gasteiger partial charge in [-0.1, -0.05) is 26.3 Å². The smallest absolute Gasteiger partial charge is 0.126 e. The first-order valence-corrected chi connectivity index (χ1v) is 7.28. The summed E-state index contributed by atoms with van der Waals surface area (Å²) >= 11 is 0. The summed E-state index contributed by atoms with van der Waals surface area (Å²) in [7, 11) is 0. The predicted molar refractivity (Wildman–Crippen MR) is 75.3 cm³/mol. The summed E-state index contributed by atoms with van der Waals surface area (Å²) in [5.74, 6) is 0.750. The van der Waals surface area contributed by atoms with Crippen LogP contribution in [0, 0.1) is 11.3 Å². The molecule has 1 N–H and O–H groups in total. The van der Waals surface area contributed by atoms with E-state index in [9.17, 15) is 9.90 Å². The van der Waals surface area contributed by atoms with E-state index >= 15 is 0 Å². The Balaban J connectivity index is 2.14. The average Bonchev–Trinajstić information content (AvgIpc) is 2.39. The Hall–Kier alpha value is -1.31. The Morgan fingerprint density at radius 3 is 2.84 bits per heavy atom. The molecule has 3 atom stereocenters. The van der Waals surface area contributed by atoms with Crippen LogP contribution in [-0.2, 0) is 16.6 Å². The number of rotatable bonds is 1. The zero-order chi connectivity index (χ0) is 13.7. The van der Waals surface area contributed by atoms with Crippen molar-refractivity contribution in [1.29, 1.82) is 0 Å². The Morgan fingerprint density at radius 2 is 2.11 bits per heavy atom. The van der Waals surface area contributed by atoms with Gasteiger partial charge in [0, 0.05) is 5.41 Å². The van der Waals surface area contributed by atoms with E-state index < -0.39 is 0 Å². The third-order valence-electron chi connectivity index (χ3n) is 5.66. The maximum Gasteiger partial charge on any atom is 0.126 e. The van der Waals surface area contributed by atoms with Crippen LogP contribution in [0.1, 0.15) is 50.7 Å². The highest BCUT2D eigenvalue weighted by atomic mass is 16.3. The molecule has 1 fully saturated rings. The molecule has 3 rings (SSSR count). The monoisotopic (exact) mass is 258 g/mol. The molecule has 2 nitrogen and oxygen atoms in total. The lowest BCUT2D eigenvalue weighted by molar-refractivity contribution is -0.123. The first-order valence-electron chi connectivity index (χ1n) is 7.28. The van der Waals surface area contributed by atoms with Gasteiger partial charge in [0.1, 0.15) is 12.0 Å². The lowest BCUT2D eigenvalue weighted by Crippen LogP contribution is -2.49. The number of benzene rings is 1. The molecular weight excluding hydrogens is 236 g/mol. The van der Waals surface area contributed by atoms with Crippen LogP contribution in [0.2, 0.25) is 0 Å². The van der Waals surface area contributed by atoms with Gasteiger partial charge in [0.15, 0.2) is 0 Å². The highest BCUT2D eigenvalue weighted by Gasteiger charge is 2.51. The first-order chi connectivity index (χ1) is 8.99. The molecule has 2 aliphatic rings. The molecule has 1 aromatic rings. The van der Waals surface area contributed by atoms with E-state index in [1.165, 1.54) is 17.4 Å². The van der Waals surface area contributed by atoms with Crippen LogP contribution in [0.4, 0.5) is 0 Å². The first kappa shape index (κ1) is 12.7. The van der Waals surface area contributed by atoms with Gasteiger partial charge in [-0.15, -0.1) is 0 Å². The second-order valence-electron chi connectivity index (χ2n) is 6.83. The summed E-state index contributed by atoms with van der Waals surface area (Å²) in [6, 6.07) is 5.77. The van der Waals surface area contributed by atoms with Crippen molar-refractivity contribution in [3.63, 3.8) is 0 Å². The third-order valence-corrected chi connectivity index (χ3v) is 5.66. The molecule has 0 amide bonds. The van der Waals surface area contributed by atoms with E-state index in [0.29, 0.717) is 11.7 Å². The van der Waals surface area contributed by atoms with Gasteiger partial charge >= 0.3 is 0 Å². The quantitative estimate of drug-likeness (QED) is 0.781. The molecule has 102 valence electrons. The third kappa shape index (κ3) is 1.73. The van der Waals surface area contributed by atoms with E-state index in [1.807, 2.05) is 6.07 Å². The minimum absolute atomic E-state index is 0.0419. The van der Waals surface area contributed by atoms with Gasteiger partial charge in [-0.3, -0.25) is 0 Å². The summed E-state index contributed by atoms with van der Waals surface area (Å²) in [4.78, 5) is 11.6. The van der Waals surface area contributed by atoms with Crippen molar-refractivity contribution in [2.24, 2.45) is 11.3 Å². The Morgan fingerprint density at radius 1 is 1.32 bits per heavy atom. The number of carbonyl (C=O) groups is 1. The fourth-order valence-corrected chi connectivity index (χ4v) is 4.64. The number of carbonyl (C=O) groups excluding carboxylic acids is 1. The van der Waals surface area contributed by atoms with Gasteiger partial charge in [0.2, 0.25) is 0 Å². The van der Waals surface area contributed by atoms with Crippen LogP contribution in [0.5, 0.6) is 5.75 Å². The van der Waals surface area contributed by atoms with Crippen LogP contribution in [0.25, 0.3) is 0 Å².